The number of rotatable bonds is 4. The molecule has 6 nitrogen and oxygen atoms in total. The van der Waals surface area contributed by atoms with Crippen LogP contribution in [0, 0.1) is 0 Å². The predicted molar refractivity (Wildman–Crippen MR) is 96.7 cm³/mol. The Morgan fingerprint density at radius 2 is 1.52 bits per heavy atom. The second-order valence-electron chi connectivity index (χ2n) is 6.82. The summed E-state index contributed by atoms with van der Waals surface area (Å²) in [5.41, 5.74) is 0. The molecule has 0 aromatic heterocycles. The van der Waals surface area contributed by atoms with Crippen molar-refractivity contribution in [1.29, 1.82) is 0 Å². The third-order valence-electron chi connectivity index (χ3n) is 5.23. The lowest BCUT2D eigenvalue weighted by Gasteiger charge is -2.39. The minimum Gasteiger partial charge on any atom is -0.341 e. The number of piperidine rings is 1. The molecular weight excluding hydrogens is 338 g/mol. The van der Waals surface area contributed by atoms with E-state index >= 15 is 0 Å². The number of nitrogens with zero attached hydrogens (tertiary/aromatic N) is 3. The number of carbonyl (C=O) groups is 1. The van der Waals surface area contributed by atoms with Crippen molar-refractivity contribution in [3.8, 4) is 0 Å². The van der Waals surface area contributed by atoms with E-state index in [-0.39, 0.29) is 11.9 Å². The van der Waals surface area contributed by atoms with E-state index in [4.69, 9.17) is 0 Å². The number of amides is 1. The molecule has 1 unspecified atom stereocenters. The summed E-state index contributed by atoms with van der Waals surface area (Å²) in [4.78, 5) is 17.0. The molecule has 0 saturated carbocycles. The fraction of sp³-hybridized carbons (Fsp3) is 0.611. The van der Waals surface area contributed by atoms with Gasteiger partial charge in [-0.15, -0.1) is 0 Å². The largest absolute Gasteiger partial charge is 0.341 e. The monoisotopic (exact) mass is 365 g/mol. The van der Waals surface area contributed by atoms with Gasteiger partial charge in [0, 0.05) is 39.3 Å². The van der Waals surface area contributed by atoms with E-state index in [1.807, 2.05) is 17.9 Å². The number of likely N-dealkylation sites (tertiary alicyclic amines) is 1. The van der Waals surface area contributed by atoms with Crippen LogP contribution in [0.3, 0.4) is 0 Å². The maximum Gasteiger partial charge on any atom is 0.243 e. The first kappa shape index (κ1) is 18.4. The van der Waals surface area contributed by atoms with Crippen LogP contribution in [0.5, 0.6) is 0 Å². The predicted octanol–water partition coefficient (Wildman–Crippen LogP) is 1.39. The van der Waals surface area contributed by atoms with Gasteiger partial charge < -0.3 is 4.90 Å². The number of sulfonamides is 1. The molecule has 7 heteroatoms. The number of carbonyl (C=O) groups excluding carboxylic acids is 1. The van der Waals surface area contributed by atoms with Crippen molar-refractivity contribution in [3.05, 3.63) is 30.3 Å². The third-order valence-corrected chi connectivity index (χ3v) is 7.14. The van der Waals surface area contributed by atoms with E-state index in [2.05, 4.69) is 4.90 Å². The van der Waals surface area contributed by atoms with Gasteiger partial charge in [0.25, 0.3) is 0 Å². The van der Waals surface area contributed by atoms with Crippen LogP contribution >= 0.6 is 0 Å². The summed E-state index contributed by atoms with van der Waals surface area (Å²) >= 11 is 0. The normalized spacial score (nSPS) is 21.9. The fourth-order valence-corrected chi connectivity index (χ4v) is 5.05. The van der Waals surface area contributed by atoms with E-state index in [0.717, 1.165) is 25.9 Å². The lowest BCUT2D eigenvalue weighted by Crippen LogP contribution is -2.55. The van der Waals surface area contributed by atoms with Crippen LogP contribution in [0.4, 0.5) is 0 Å². The van der Waals surface area contributed by atoms with E-state index in [1.165, 1.54) is 10.7 Å². The minimum atomic E-state index is -3.44. The van der Waals surface area contributed by atoms with Crippen LogP contribution in [-0.4, -0.2) is 73.7 Å². The highest BCUT2D eigenvalue weighted by Gasteiger charge is 2.33. The second-order valence-corrected chi connectivity index (χ2v) is 8.75. The number of hydrogen-bond donors (Lipinski definition) is 0. The van der Waals surface area contributed by atoms with Gasteiger partial charge in [-0.2, -0.15) is 4.31 Å². The number of benzene rings is 1. The van der Waals surface area contributed by atoms with Gasteiger partial charge in [-0.05, 0) is 38.3 Å². The summed E-state index contributed by atoms with van der Waals surface area (Å²) in [5, 5.41) is 0. The van der Waals surface area contributed by atoms with Gasteiger partial charge in [0.2, 0.25) is 15.9 Å². The first-order valence-electron chi connectivity index (χ1n) is 9.08. The molecular formula is C18H27N3O3S. The van der Waals surface area contributed by atoms with Gasteiger partial charge >= 0.3 is 0 Å². The van der Waals surface area contributed by atoms with Gasteiger partial charge in [-0.1, -0.05) is 18.2 Å². The van der Waals surface area contributed by atoms with Crippen molar-refractivity contribution in [3.63, 3.8) is 0 Å². The van der Waals surface area contributed by atoms with E-state index in [1.54, 1.807) is 24.3 Å². The molecule has 1 atom stereocenters. The Labute approximate surface area is 150 Å². The highest BCUT2D eigenvalue weighted by Crippen LogP contribution is 2.19. The highest BCUT2D eigenvalue weighted by molar-refractivity contribution is 7.89. The summed E-state index contributed by atoms with van der Waals surface area (Å²) in [6.07, 6.45) is 3.37. The summed E-state index contributed by atoms with van der Waals surface area (Å²) < 4.78 is 26.9. The van der Waals surface area contributed by atoms with Crippen molar-refractivity contribution in [2.45, 2.75) is 37.1 Å². The van der Waals surface area contributed by atoms with E-state index in [9.17, 15) is 13.2 Å². The average molecular weight is 365 g/mol. The lowest BCUT2D eigenvalue weighted by molar-refractivity contribution is -0.137. The summed E-state index contributed by atoms with van der Waals surface area (Å²) in [6, 6.07) is 8.37. The first-order chi connectivity index (χ1) is 12.0. The molecule has 25 heavy (non-hydrogen) atoms. The van der Waals surface area contributed by atoms with Gasteiger partial charge in [-0.25, -0.2) is 8.42 Å². The topological polar surface area (TPSA) is 60.9 Å². The molecule has 2 aliphatic heterocycles. The Morgan fingerprint density at radius 3 is 2.12 bits per heavy atom. The SMILES string of the molecule is CC(C(=O)N1CCCCC1)N1CCN(S(=O)(=O)c2ccccc2)CC1. The molecule has 1 amide bonds. The van der Waals surface area contributed by atoms with Crippen molar-refractivity contribution in [2.24, 2.45) is 0 Å². The van der Waals surface area contributed by atoms with Crippen molar-refractivity contribution < 1.29 is 13.2 Å². The van der Waals surface area contributed by atoms with Gasteiger partial charge in [0.1, 0.15) is 0 Å². The lowest BCUT2D eigenvalue weighted by atomic mass is 10.1. The fourth-order valence-electron chi connectivity index (χ4n) is 3.61. The van der Waals surface area contributed by atoms with Crippen LogP contribution in [0.1, 0.15) is 26.2 Å². The Kier molecular flexibility index (Phi) is 5.76. The molecule has 3 rings (SSSR count). The minimum absolute atomic E-state index is 0.180. The zero-order chi connectivity index (χ0) is 17.9. The molecule has 0 aliphatic carbocycles. The van der Waals surface area contributed by atoms with Gasteiger partial charge in [0.15, 0.2) is 0 Å². The molecule has 0 bridgehead atoms. The molecule has 0 spiro atoms. The quantitative estimate of drug-likeness (QED) is 0.809. The van der Waals surface area contributed by atoms with Crippen LogP contribution in [0.2, 0.25) is 0 Å². The van der Waals surface area contributed by atoms with Crippen LogP contribution in [-0.2, 0) is 14.8 Å². The van der Waals surface area contributed by atoms with Crippen molar-refractivity contribution in [1.82, 2.24) is 14.1 Å². The Hall–Kier alpha value is -1.44. The van der Waals surface area contributed by atoms with Crippen LogP contribution in [0.15, 0.2) is 35.2 Å². The number of piperazine rings is 1. The molecule has 2 aliphatic rings. The van der Waals surface area contributed by atoms with E-state index in [0.29, 0.717) is 31.1 Å². The van der Waals surface area contributed by atoms with Crippen molar-refractivity contribution in [2.75, 3.05) is 39.3 Å². The maximum absolute atomic E-state index is 12.7. The third kappa shape index (κ3) is 4.04. The zero-order valence-corrected chi connectivity index (χ0v) is 15.6. The van der Waals surface area contributed by atoms with Gasteiger partial charge in [0.05, 0.1) is 10.9 Å². The average Bonchev–Trinajstić information content (AvgIpc) is 2.68. The second kappa shape index (κ2) is 7.85. The molecule has 138 valence electrons. The molecule has 1 aromatic rings. The highest BCUT2D eigenvalue weighted by atomic mass is 32.2. The Balaban J connectivity index is 1.59. The Morgan fingerprint density at radius 1 is 0.920 bits per heavy atom. The maximum atomic E-state index is 12.7. The molecule has 0 N–H and O–H groups in total. The number of hydrogen-bond acceptors (Lipinski definition) is 4. The summed E-state index contributed by atoms with van der Waals surface area (Å²) in [5.74, 6) is 0.180. The van der Waals surface area contributed by atoms with Gasteiger partial charge in [-0.3, -0.25) is 9.69 Å². The molecule has 1 aromatic carbocycles. The van der Waals surface area contributed by atoms with E-state index < -0.39 is 10.0 Å². The molecule has 2 heterocycles. The van der Waals surface area contributed by atoms with Crippen LogP contribution < -0.4 is 0 Å². The summed E-state index contributed by atoms with van der Waals surface area (Å²) in [7, 11) is -3.44. The van der Waals surface area contributed by atoms with Crippen molar-refractivity contribution >= 4 is 15.9 Å². The molecule has 2 fully saturated rings. The Bertz CT molecular complexity index is 679. The first-order valence-corrected chi connectivity index (χ1v) is 10.5. The standard InChI is InChI=1S/C18H27N3O3S/c1-16(18(22)20-10-6-3-7-11-20)19-12-14-21(15-13-19)25(23,24)17-8-4-2-5-9-17/h2,4-5,8-9,16H,3,6-7,10-15H2,1H3. The summed E-state index contributed by atoms with van der Waals surface area (Å²) in [6.45, 7) is 5.68. The molecule has 0 radical (unpaired) electrons. The van der Waals surface area contributed by atoms with Crippen LogP contribution in [0.25, 0.3) is 0 Å². The smallest absolute Gasteiger partial charge is 0.243 e. The zero-order valence-electron chi connectivity index (χ0n) is 14.8. The molecule has 2 saturated heterocycles.